The van der Waals surface area contributed by atoms with Crippen molar-refractivity contribution in [2.45, 2.75) is 33.6 Å². The Morgan fingerprint density at radius 2 is 1.83 bits per heavy atom. The Morgan fingerprint density at radius 1 is 1.17 bits per heavy atom. The lowest BCUT2D eigenvalue weighted by atomic mass is 10.1. The number of nitrogens with one attached hydrogen (secondary N) is 1. The quantitative estimate of drug-likeness (QED) is 0.789. The van der Waals surface area contributed by atoms with Crippen LogP contribution in [-0.2, 0) is 4.79 Å². The molecule has 4 nitrogen and oxygen atoms in total. The average molecular weight is 331 g/mol. The van der Waals surface area contributed by atoms with Gasteiger partial charge in [0.05, 0.1) is 12.2 Å². The highest BCUT2D eigenvalue weighted by atomic mass is 32.1. The summed E-state index contributed by atoms with van der Waals surface area (Å²) < 4.78 is 0. The Balaban J connectivity index is 2.02. The molecule has 23 heavy (non-hydrogen) atoms. The highest BCUT2D eigenvalue weighted by Crippen LogP contribution is 2.30. The maximum absolute atomic E-state index is 12.2. The monoisotopic (exact) mass is 331 g/mol. The van der Waals surface area contributed by atoms with Crippen molar-refractivity contribution in [3.05, 3.63) is 35.2 Å². The number of hydrogen-bond donors (Lipinski definition) is 1. The van der Waals surface area contributed by atoms with Crippen molar-refractivity contribution in [3.63, 3.8) is 0 Å². The lowest BCUT2D eigenvalue weighted by molar-refractivity contribution is -0.117. The maximum Gasteiger partial charge on any atom is 0.240 e. The van der Waals surface area contributed by atoms with Gasteiger partial charge in [0.1, 0.15) is 0 Å². The smallest absolute Gasteiger partial charge is 0.240 e. The number of rotatable bonds is 8. The summed E-state index contributed by atoms with van der Waals surface area (Å²) in [6.45, 7) is 8.64. The van der Waals surface area contributed by atoms with E-state index in [2.05, 4.69) is 29.0 Å². The molecular weight excluding hydrogens is 306 g/mol. The van der Waals surface area contributed by atoms with Gasteiger partial charge in [0.2, 0.25) is 5.91 Å². The third-order valence-electron chi connectivity index (χ3n) is 3.54. The number of carbonyl (C=O) groups is 1. The van der Waals surface area contributed by atoms with Crippen LogP contribution in [0.2, 0.25) is 0 Å². The normalized spacial score (nSPS) is 11.0. The number of hydrogen-bond acceptors (Lipinski definition) is 4. The molecule has 0 radical (unpaired) electrons. The third kappa shape index (κ3) is 5.15. The minimum absolute atomic E-state index is 0.0141. The van der Waals surface area contributed by atoms with Crippen LogP contribution in [0.3, 0.4) is 0 Å². The van der Waals surface area contributed by atoms with Crippen LogP contribution >= 0.6 is 11.3 Å². The van der Waals surface area contributed by atoms with E-state index in [1.165, 1.54) is 11.3 Å². The molecule has 0 saturated heterocycles. The average Bonchev–Trinajstić information content (AvgIpc) is 2.89. The number of carbonyl (C=O) groups excluding carboxylic acids is 1. The number of thiazole rings is 1. The van der Waals surface area contributed by atoms with E-state index in [4.69, 9.17) is 0 Å². The predicted molar refractivity (Wildman–Crippen MR) is 97.9 cm³/mol. The van der Waals surface area contributed by atoms with Crippen LogP contribution in [0, 0.1) is 6.92 Å². The molecule has 0 unspecified atom stereocenters. The summed E-state index contributed by atoms with van der Waals surface area (Å²) in [5.41, 5.74) is 2.03. The zero-order valence-electron chi connectivity index (χ0n) is 14.1. The van der Waals surface area contributed by atoms with Gasteiger partial charge in [0, 0.05) is 10.4 Å². The van der Waals surface area contributed by atoms with E-state index in [9.17, 15) is 4.79 Å². The van der Waals surface area contributed by atoms with E-state index in [-0.39, 0.29) is 5.91 Å². The van der Waals surface area contributed by atoms with Crippen molar-refractivity contribution in [2.75, 3.05) is 25.0 Å². The minimum Gasteiger partial charge on any atom is -0.301 e. The van der Waals surface area contributed by atoms with Crippen molar-refractivity contribution >= 4 is 22.4 Å². The first-order valence-electron chi connectivity index (χ1n) is 8.19. The second-order valence-electron chi connectivity index (χ2n) is 5.61. The highest BCUT2D eigenvalue weighted by Gasteiger charge is 2.14. The molecule has 0 saturated carbocycles. The van der Waals surface area contributed by atoms with Gasteiger partial charge in [-0.25, -0.2) is 4.98 Å². The van der Waals surface area contributed by atoms with E-state index >= 15 is 0 Å². The molecule has 0 bridgehead atoms. The van der Waals surface area contributed by atoms with Gasteiger partial charge < -0.3 is 5.32 Å². The molecule has 0 fully saturated rings. The molecule has 5 heteroatoms. The standard InChI is InChI=1S/C18H25N3OS/c1-4-11-21(12-5-2)13-16(22)19-18-20-17(14(3)23-18)15-9-7-6-8-10-15/h6-10H,4-5,11-13H2,1-3H3,(H,19,20,22). The fourth-order valence-electron chi connectivity index (χ4n) is 2.58. The van der Waals surface area contributed by atoms with Crippen LogP contribution in [0.25, 0.3) is 11.3 Å². The Labute approximate surface area is 142 Å². The molecule has 0 aliphatic carbocycles. The molecule has 0 aliphatic heterocycles. The van der Waals surface area contributed by atoms with E-state index in [0.717, 1.165) is 42.1 Å². The van der Waals surface area contributed by atoms with E-state index in [1.807, 2.05) is 37.3 Å². The zero-order valence-corrected chi connectivity index (χ0v) is 14.9. The van der Waals surface area contributed by atoms with Gasteiger partial charge in [-0.3, -0.25) is 9.69 Å². The van der Waals surface area contributed by atoms with Crippen molar-refractivity contribution in [1.82, 2.24) is 9.88 Å². The van der Waals surface area contributed by atoms with Crippen molar-refractivity contribution in [3.8, 4) is 11.3 Å². The Kier molecular flexibility index (Phi) is 6.74. The largest absolute Gasteiger partial charge is 0.301 e. The van der Waals surface area contributed by atoms with Gasteiger partial charge in [0.25, 0.3) is 0 Å². The van der Waals surface area contributed by atoms with Crippen LogP contribution in [0.4, 0.5) is 5.13 Å². The SMILES string of the molecule is CCCN(CCC)CC(=O)Nc1nc(-c2ccccc2)c(C)s1. The molecule has 0 spiro atoms. The fraction of sp³-hybridized carbons (Fsp3) is 0.444. The van der Waals surface area contributed by atoms with Crippen LogP contribution in [0.15, 0.2) is 30.3 Å². The van der Waals surface area contributed by atoms with Gasteiger partial charge >= 0.3 is 0 Å². The Hall–Kier alpha value is -1.72. The zero-order chi connectivity index (χ0) is 16.7. The first-order valence-corrected chi connectivity index (χ1v) is 9.00. The number of anilines is 1. The van der Waals surface area contributed by atoms with Gasteiger partial charge in [-0.1, -0.05) is 44.2 Å². The van der Waals surface area contributed by atoms with E-state index in [0.29, 0.717) is 11.7 Å². The summed E-state index contributed by atoms with van der Waals surface area (Å²) in [6.07, 6.45) is 2.11. The Bertz CT molecular complexity index is 618. The minimum atomic E-state index is 0.0141. The molecule has 1 N–H and O–H groups in total. The first kappa shape index (κ1) is 17.6. The molecule has 1 aromatic carbocycles. The number of aryl methyl sites for hydroxylation is 1. The number of aromatic nitrogens is 1. The predicted octanol–water partition coefficient (Wildman–Crippen LogP) is 4.18. The van der Waals surface area contributed by atoms with Gasteiger partial charge in [-0.15, -0.1) is 11.3 Å². The van der Waals surface area contributed by atoms with Crippen molar-refractivity contribution in [1.29, 1.82) is 0 Å². The molecule has 1 amide bonds. The fourth-order valence-corrected chi connectivity index (χ4v) is 3.43. The molecule has 1 aromatic heterocycles. The summed E-state index contributed by atoms with van der Waals surface area (Å²) in [5, 5.41) is 3.63. The lowest BCUT2D eigenvalue weighted by Crippen LogP contribution is -2.34. The second-order valence-corrected chi connectivity index (χ2v) is 6.82. The summed E-state index contributed by atoms with van der Waals surface area (Å²) in [4.78, 5) is 20.1. The molecule has 2 aromatic rings. The second kappa shape index (κ2) is 8.79. The number of nitrogens with zero attached hydrogens (tertiary/aromatic N) is 2. The lowest BCUT2D eigenvalue weighted by Gasteiger charge is -2.19. The molecule has 2 rings (SSSR count). The van der Waals surface area contributed by atoms with Crippen LogP contribution < -0.4 is 5.32 Å². The van der Waals surface area contributed by atoms with Crippen LogP contribution in [0.5, 0.6) is 0 Å². The maximum atomic E-state index is 12.2. The first-order chi connectivity index (χ1) is 11.1. The van der Waals surface area contributed by atoms with E-state index in [1.54, 1.807) is 0 Å². The number of benzene rings is 1. The number of amides is 1. The molecule has 1 heterocycles. The molecule has 0 aliphatic rings. The van der Waals surface area contributed by atoms with Crippen molar-refractivity contribution in [2.24, 2.45) is 0 Å². The summed E-state index contributed by atoms with van der Waals surface area (Å²) in [5.74, 6) is 0.0141. The summed E-state index contributed by atoms with van der Waals surface area (Å²) in [7, 11) is 0. The Morgan fingerprint density at radius 3 is 2.43 bits per heavy atom. The molecule has 0 atom stereocenters. The van der Waals surface area contributed by atoms with Crippen molar-refractivity contribution < 1.29 is 4.79 Å². The van der Waals surface area contributed by atoms with Gasteiger partial charge in [-0.2, -0.15) is 0 Å². The molecular formula is C18H25N3OS. The van der Waals surface area contributed by atoms with Crippen LogP contribution in [0.1, 0.15) is 31.6 Å². The third-order valence-corrected chi connectivity index (χ3v) is 4.42. The topological polar surface area (TPSA) is 45.2 Å². The summed E-state index contributed by atoms with van der Waals surface area (Å²) >= 11 is 1.53. The molecule has 124 valence electrons. The van der Waals surface area contributed by atoms with E-state index < -0.39 is 0 Å². The van der Waals surface area contributed by atoms with Gasteiger partial charge in [0.15, 0.2) is 5.13 Å². The van der Waals surface area contributed by atoms with Crippen LogP contribution in [-0.4, -0.2) is 35.4 Å². The van der Waals surface area contributed by atoms with Gasteiger partial charge in [-0.05, 0) is 32.9 Å². The highest BCUT2D eigenvalue weighted by molar-refractivity contribution is 7.16. The summed E-state index contributed by atoms with van der Waals surface area (Å²) in [6, 6.07) is 10.1.